The van der Waals surface area contributed by atoms with E-state index in [0.29, 0.717) is 4.88 Å². The van der Waals surface area contributed by atoms with E-state index < -0.39 is 0 Å². The maximum Gasteiger partial charge on any atom is 0.267 e. The Labute approximate surface area is 128 Å². The summed E-state index contributed by atoms with van der Waals surface area (Å²) in [4.78, 5) is 18.9. The standard InChI is InChI=1S/C16H19N3OS/c1-12-6-8-19(9-7-12)14-4-2-13(3-5-14)18-16(20)15-10-17-11-21-15/h2-5,10-12H,6-9H2,1H3,(H,18,20). The molecule has 21 heavy (non-hydrogen) atoms. The first kappa shape index (κ1) is 14.1. The van der Waals surface area contributed by atoms with E-state index >= 15 is 0 Å². The van der Waals surface area contributed by atoms with Gasteiger partial charge in [0, 0.05) is 24.5 Å². The van der Waals surface area contributed by atoms with Gasteiger partial charge in [-0.1, -0.05) is 6.92 Å². The van der Waals surface area contributed by atoms with Gasteiger partial charge in [0.05, 0.1) is 11.7 Å². The number of amides is 1. The predicted molar refractivity (Wildman–Crippen MR) is 87.1 cm³/mol. The van der Waals surface area contributed by atoms with E-state index in [4.69, 9.17) is 0 Å². The van der Waals surface area contributed by atoms with Crippen LogP contribution in [0.25, 0.3) is 0 Å². The summed E-state index contributed by atoms with van der Waals surface area (Å²) in [6, 6.07) is 8.09. The Hall–Kier alpha value is -1.88. The Balaban J connectivity index is 1.63. The van der Waals surface area contributed by atoms with Crippen LogP contribution in [0.3, 0.4) is 0 Å². The van der Waals surface area contributed by atoms with Gasteiger partial charge >= 0.3 is 0 Å². The molecule has 0 aliphatic carbocycles. The van der Waals surface area contributed by atoms with Crippen molar-refractivity contribution in [3.8, 4) is 0 Å². The number of benzene rings is 1. The zero-order chi connectivity index (χ0) is 14.7. The first-order valence-electron chi connectivity index (χ1n) is 7.27. The number of rotatable bonds is 3. The molecule has 0 unspecified atom stereocenters. The molecule has 0 atom stereocenters. The van der Waals surface area contributed by atoms with Gasteiger partial charge < -0.3 is 10.2 Å². The molecule has 110 valence electrons. The highest BCUT2D eigenvalue weighted by molar-refractivity contribution is 7.11. The lowest BCUT2D eigenvalue weighted by Gasteiger charge is -2.32. The third-order valence-corrected chi connectivity index (χ3v) is 4.70. The molecule has 2 heterocycles. The average molecular weight is 301 g/mol. The normalized spacial score (nSPS) is 16.0. The Bertz CT molecular complexity index is 586. The molecular weight excluding hydrogens is 282 g/mol. The average Bonchev–Trinajstić information content (AvgIpc) is 3.03. The molecule has 1 fully saturated rings. The number of aromatic nitrogens is 1. The molecular formula is C16H19N3OS. The van der Waals surface area contributed by atoms with Crippen LogP contribution in [0.1, 0.15) is 29.4 Å². The molecule has 1 aromatic carbocycles. The minimum absolute atomic E-state index is 0.1000. The lowest BCUT2D eigenvalue weighted by molar-refractivity contribution is 0.103. The van der Waals surface area contributed by atoms with Crippen molar-refractivity contribution in [3.05, 3.63) is 40.8 Å². The van der Waals surface area contributed by atoms with Crippen molar-refractivity contribution in [2.45, 2.75) is 19.8 Å². The number of carbonyl (C=O) groups is 1. The monoisotopic (exact) mass is 301 g/mol. The van der Waals surface area contributed by atoms with Crippen LogP contribution in [0.4, 0.5) is 11.4 Å². The number of nitrogens with one attached hydrogen (secondary N) is 1. The minimum Gasteiger partial charge on any atom is -0.372 e. The SMILES string of the molecule is CC1CCN(c2ccc(NC(=O)c3cncs3)cc2)CC1. The number of carbonyl (C=O) groups excluding carboxylic acids is 1. The van der Waals surface area contributed by atoms with Crippen LogP contribution in [0, 0.1) is 5.92 Å². The van der Waals surface area contributed by atoms with Gasteiger partial charge in [0.1, 0.15) is 4.88 Å². The van der Waals surface area contributed by atoms with E-state index in [-0.39, 0.29) is 5.91 Å². The Kier molecular flexibility index (Phi) is 4.20. The van der Waals surface area contributed by atoms with Gasteiger partial charge in [-0.05, 0) is 43.0 Å². The number of piperidine rings is 1. The Morgan fingerprint density at radius 3 is 2.62 bits per heavy atom. The summed E-state index contributed by atoms with van der Waals surface area (Å²) in [6.07, 6.45) is 4.09. The van der Waals surface area contributed by atoms with Gasteiger partial charge in [0.2, 0.25) is 0 Å². The second-order valence-electron chi connectivity index (χ2n) is 5.54. The topological polar surface area (TPSA) is 45.2 Å². The Morgan fingerprint density at radius 2 is 2.00 bits per heavy atom. The fourth-order valence-electron chi connectivity index (χ4n) is 2.54. The summed E-state index contributed by atoms with van der Waals surface area (Å²) in [5.74, 6) is 0.733. The molecule has 5 heteroatoms. The van der Waals surface area contributed by atoms with Gasteiger partial charge in [0.15, 0.2) is 0 Å². The molecule has 0 spiro atoms. The molecule has 0 saturated carbocycles. The molecule has 1 saturated heterocycles. The van der Waals surface area contributed by atoms with Crippen LogP contribution in [0.5, 0.6) is 0 Å². The second-order valence-corrected chi connectivity index (χ2v) is 6.42. The van der Waals surface area contributed by atoms with Gasteiger partial charge in [-0.3, -0.25) is 9.78 Å². The number of anilines is 2. The summed E-state index contributed by atoms with van der Waals surface area (Å²) in [5.41, 5.74) is 3.72. The van der Waals surface area contributed by atoms with E-state index in [1.54, 1.807) is 11.7 Å². The lowest BCUT2D eigenvalue weighted by Crippen LogP contribution is -2.32. The van der Waals surface area contributed by atoms with Gasteiger partial charge in [-0.2, -0.15) is 0 Å². The van der Waals surface area contributed by atoms with Gasteiger partial charge in [-0.15, -0.1) is 11.3 Å². The fraction of sp³-hybridized carbons (Fsp3) is 0.375. The van der Waals surface area contributed by atoms with Crippen molar-refractivity contribution in [2.75, 3.05) is 23.3 Å². The zero-order valence-corrected chi connectivity index (χ0v) is 12.9. The zero-order valence-electron chi connectivity index (χ0n) is 12.1. The highest BCUT2D eigenvalue weighted by Gasteiger charge is 2.16. The third-order valence-electron chi connectivity index (χ3n) is 3.93. The lowest BCUT2D eigenvalue weighted by atomic mass is 9.99. The molecule has 0 bridgehead atoms. The summed E-state index contributed by atoms with van der Waals surface area (Å²) in [7, 11) is 0. The molecule has 1 N–H and O–H groups in total. The molecule has 4 nitrogen and oxygen atoms in total. The number of nitrogens with zero attached hydrogens (tertiary/aromatic N) is 2. The maximum atomic E-state index is 11.9. The molecule has 1 aliphatic heterocycles. The van der Waals surface area contributed by atoms with E-state index in [2.05, 4.69) is 34.3 Å². The van der Waals surface area contributed by atoms with Crippen LogP contribution >= 0.6 is 11.3 Å². The van der Waals surface area contributed by atoms with Crippen LogP contribution in [0.2, 0.25) is 0 Å². The number of hydrogen-bond acceptors (Lipinski definition) is 4. The minimum atomic E-state index is -0.1000. The smallest absolute Gasteiger partial charge is 0.267 e. The van der Waals surface area contributed by atoms with Crippen molar-refractivity contribution < 1.29 is 4.79 Å². The van der Waals surface area contributed by atoms with Gasteiger partial charge in [-0.25, -0.2) is 0 Å². The molecule has 1 aromatic heterocycles. The second kappa shape index (κ2) is 6.26. The summed E-state index contributed by atoms with van der Waals surface area (Å²) >= 11 is 1.34. The highest BCUT2D eigenvalue weighted by Crippen LogP contribution is 2.24. The fourth-order valence-corrected chi connectivity index (χ4v) is 3.06. The number of hydrogen-bond donors (Lipinski definition) is 1. The van der Waals surface area contributed by atoms with Crippen molar-refractivity contribution in [2.24, 2.45) is 5.92 Å². The van der Waals surface area contributed by atoms with Crippen LogP contribution in [0.15, 0.2) is 36.0 Å². The van der Waals surface area contributed by atoms with E-state index in [1.165, 1.54) is 29.9 Å². The van der Waals surface area contributed by atoms with Crippen molar-refractivity contribution >= 4 is 28.6 Å². The maximum absolute atomic E-state index is 11.9. The van der Waals surface area contributed by atoms with Crippen molar-refractivity contribution in [3.63, 3.8) is 0 Å². The summed E-state index contributed by atoms with van der Waals surface area (Å²) in [5, 5.41) is 2.89. The molecule has 1 amide bonds. The molecule has 2 aromatic rings. The molecule has 1 aliphatic rings. The Morgan fingerprint density at radius 1 is 1.29 bits per heavy atom. The van der Waals surface area contributed by atoms with Gasteiger partial charge in [0.25, 0.3) is 5.91 Å². The van der Waals surface area contributed by atoms with Crippen molar-refractivity contribution in [1.82, 2.24) is 4.98 Å². The quantitative estimate of drug-likeness (QED) is 0.941. The van der Waals surface area contributed by atoms with Crippen LogP contribution in [-0.2, 0) is 0 Å². The van der Waals surface area contributed by atoms with Crippen LogP contribution in [-0.4, -0.2) is 24.0 Å². The third kappa shape index (κ3) is 3.42. The summed E-state index contributed by atoms with van der Waals surface area (Å²) < 4.78 is 0. The largest absolute Gasteiger partial charge is 0.372 e. The van der Waals surface area contributed by atoms with E-state index in [9.17, 15) is 4.79 Å². The first-order chi connectivity index (χ1) is 10.2. The first-order valence-corrected chi connectivity index (χ1v) is 8.15. The summed E-state index contributed by atoms with van der Waals surface area (Å²) in [6.45, 7) is 4.55. The van der Waals surface area contributed by atoms with E-state index in [0.717, 1.165) is 24.7 Å². The van der Waals surface area contributed by atoms with Crippen molar-refractivity contribution in [1.29, 1.82) is 0 Å². The number of thiazole rings is 1. The molecule has 0 radical (unpaired) electrons. The molecule has 3 rings (SSSR count). The highest BCUT2D eigenvalue weighted by atomic mass is 32.1. The predicted octanol–water partition coefficient (Wildman–Crippen LogP) is 3.63. The van der Waals surface area contributed by atoms with E-state index in [1.807, 2.05) is 12.1 Å². The van der Waals surface area contributed by atoms with Crippen LogP contribution < -0.4 is 10.2 Å².